The van der Waals surface area contributed by atoms with Crippen molar-refractivity contribution in [1.29, 1.82) is 0 Å². The number of thioether (sulfide) groups is 1. The molecule has 4 heterocycles. The largest absolute Gasteiger partial charge is 0.353 e. The summed E-state index contributed by atoms with van der Waals surface area (Å²) in [6.45, 7) is 3.88. The van der Waals surface area contributed by atoms with Gasteiger partial charge in [0.1, 0.15) is 12.4 Å². The quantitative estimate of drug-likeness (QED) is 0.610. The third-order valence-electron chi connectivity index (χ3n) is 6.93. The molecule has 2 saturated heterocycles. The molecular weight excluding hydrogens is 462 g/mol. The molecule has 35 heavy (non-hydrogen) atoms. The molecular formula is C26H31N5O3S. The summed E-state index contributed by atoms with van der Waals surface area (Å²) in [7, 11) is 0. The molecule has 3 aliphatic heterocycles. The van der Waals surface area contributed by atoms with E-state index in [1.54, 1.807) is 6.20 Å². The van der Waals surface area contributed by atoms with Gasteiger partial charge in [-0.2, -0.15) is 0 Å². The van der Waals surface area contributed by atoms with Crippen LogP contribution in [0.1, 0.15) is 25.7 Å². The standard InChI is InChI=1S/C26H31N5O3S/c32-23(29-17-15-28(16-18-29)22-11-5-6-12-27-22)19-31-20-9-3-4-10-21(20)35-24(26(31)34)25(33)30-13-7-1-2-8-14-30/h3-6,9-12,24H,1-2,7-8,13-19H2/t24-/m0/s1. The lowest BCUT2D eigenvalue weighted by Crippen LogP contribution is -2.55. The Hall–Kier alpha value is -3.07. The molecule has 184 valence electrons. The average Bonchev–Trinajstić information content (AvgIpc) is 3.20. The molecule has 0 spiro atoms. The Morgan fingerprint density at radius 2 is 1.57 bits per heavy atom. The Kier molecular flexibility index (Phi) is 7.22. The van der Waals surface area contributed by atoms with Crippen molar-refractivity contribution in [1.82, 2.24) is 14.8 Å². The van der Waals surface area contributed by atoms with E-state index in [2.05, 4.69) is 9.88 Å². The van der Waals surface area contributed by atoms with Crippen LogP contribution in [0.5, 0.6) is 0 Å². The monoisotopic (exact) mass is 493 g/mol. The molecule has 3 aliphatic rings. The predicted octanol–water partition coefficient (Wildman–Crippen LogP) is 2.64. The van der Waals surface area contributed by atoms with Crippen molar-refractivity contribution in [3.8, 4) is 0 Å². The van der Waals surface area contributed by atoms with Crippen molar-refractivity contribution in [2.75, 3.05) is 55.6 Å². The number of nitrogens with zero attached hydrogens (tertiary/aromatic N) is 5. The number of fused-ring (bicyclic) bond motifs is 1. The zero-order valence-corrected chi connectivity index (χ0v) is 20.7. The molecule has 1 atom stereocenters. The van der Waals surface area contributed by atoms with Crippen LogP contribution in [-0.4, -0.2) is 83.6 Å². The van der Waals surface area contributed by atoms with E-state index in [1.165, 1.54) is 16.7 Å². The van der Waals surface area contributed by atoms with Gasteiger partial charge in [0.05, 0.1) is 5.69 Å². The summed E-state index contributed by atoms with van der Waals surface area (Å²) in [5, 5.41) is -0.836. The van der Waals surface area contributed by atoms with E-state index in [4.69, 9.17) is 0 Å². The lowest BCUT2D eigenvalue weighted by atomic mass is 10.2. The van der Waals surface area contributed by atoms with Crippen LogP contribution in [0.15, 0.2) is 53.6 Å². The van der Waals surface area contributed by atoms with E-state index in [1.807, 2.05) is 52.3 Å². The summed E-state index contributed by atoms with van der Waals surface area (Å²) >= 11 is 1.32. The Morgan fingerprint density at radius 3 is 2.29 bits per heavy atom. The second-order valence-corrected chi connectivity index (χ2v) is 10.3. The molecule has 0 unspecified atom stereocenters. The number of amides is 3. The maximum absolute atomic E-state index is 13.6. The minimum absolute atomic E-state index is 0.0518. The van der Waals surface area contributed by atoms with Crippen molar-refractivity contribution in [3.05, 3.63) is 48.7 Å². The highest BCUT2D eigenvalue weighted by Gasteiger charge is 2.41. The lowest BCUT2D eigenvalue weighted by molar-refractivity contribution is -0.136. The first-order valence-corrected chi connectivity index (χ1v) is 13.3. The van der Waals surface area contributed by atoms with Crippen LogP contribution in [0.2, 0.25) is 0 Å². The molecule has 0 N–H and O–H groups in total. The number of piperazine rings is 1. The zero-order chi connectivity index (χ0) is 24.2. The molecule has 2 fully saturated rings. The first-order valence-electron chi connectivity index (χ1n) is 12.4. The Morgan fingerprint density at radius 1 is 0.857 bits per heavy atom. The van der Waals surface area contributed by atoms with Crippen LogP contribution in [0, 0.1) is 0 Å². The third-order valence-corrected chi connectivity index (χ3v) is 8.17. The number of likely N-dealkylation sites (tertiary alicyclic amines) is 1. The summed E-state index contributed by atoms with van der Waals surface area (Å²) in [5.41, 5.74) is 0.711. The average molecular weight is 494 g/mol. The van der Waals surface area contributed by atoms with Crippen LogP contribution < -0.4 is 9.80 Å². The van der Waals surface area contributed by atoms with Crippen LogP contribution in [0.4, 0.5) is 11.5 Å². The number of para-hydroxylation sites is 1. The van der Waals surface area contributed by atoms with Crippen molar-refractivity contribution in [3.63, 3.8) is 0 Å². The van der Waals surface area contributed by atoms with Gasteiger partial charge in [0.25, 0.3) is 5.91 Å². The number of carbonyl (C=O) groups is 3. The Labute approximate surface area is 210 Å². The molecule has 9 heteroatoms. The maximum Gasteiger partial charge on any atom is 0.250 e. The highest BCUT2D eigenvalue weighted by Crippen LogP contribution is 2.40. The number of aromatic nitrogens is 1. The molecule has 1 aromatic heterocycles. The van der Waals surface area contributed by atoms with Gasteiger partial charge in [0.2, 0.25) is 11.8 Å². The van der Waals surface area contributed by atoms with E-state index in [9.17, 15) is 14.4 Å². The van der Waals surface area contributed by atoms with Gasteiger partial charge in [-0.25, -0.2) is 4.98 Å². The highest BCUT2D eigenvalue weighted by molar-refractivity contribution is 8.01. The second-order valence-electron chi connectivity index (χ2n) is 9.19. The molecule has 5 rings (SSSR count). The molecule has 3 amide bonds. The molecule has 0 bridgehead atoms. The number of rotatable bonds is 4. The summed E-state index contributed by atoms with van der Waals surface area (Å²) in [4.78, 5) is 52.9. The fourth-order valence-corrected chi connectivity index (χ4v) is 6.14. The van der Waals surface area contributed by atoms with E-state index >= 15 is 0 Å². The minimum atomic E-state index is -0.836. The molecule has 2 aromatic rings. The molecule has 0 aliphatic carbocycles. The van der Waals surface area contributed by atoms with Crippen LogP contribution in [0.3, 0.4) is 0 Å². The van der Waals surface area contributed by atoms with Crippen LogP contribution >= 0.6 is 11.8 Å². The van der Waals surface area contributed by atoms with Gasteiger partial charge in [0.15, 0.2) is 5.25 Å². The molecule has 0 saturated carbocycles. The smallest absolute Gasteiger partial charge is 0.250 e. The summed E-state index contributed by atoms with van der Waals surface area (Å²) < 4.78 is 0. The minimum Gasteiger partial charge on any atom is -0.353 e. The van der Waals surface area contributed by atoms with Crippen LogP contribution in [0.25, 0.3) is 0 Å². The zero-order valence-electron chi connectivity index (χ0n) is 19.8. The van der Waals surface area contributed by atoms with Gasteiger partial charge in [-0.15, -0.1) is 11.8 Å². The Balaban J connectivity index is 1.28. The lowest BCUT2D eigenvalue weighted by Gasteiger charge is -2.38. The summed E-state index contributed by atoms with van der Waals surface area (Å²) in [5.74, 6) is 0.398. The van der Waals surface area contributed by atoms with Crippen molar-refractivity contribution < 1.29 is 14.4 Å². The fraction of sp³-hybridized carbons (Fsp3) is 0.462. The molecule has 1 aromatic carbocycles. The Bertz CT molecular complexity index is 1070. The van der Waals surface area contributed by atoms with Gasteiger partial charge < -0.3 is 19.6 Å². The second kappa shape index (κ2) is 10.7. The van der Waals surface area contributed by atoms with Crippen molar-refractivity contribution >= 4 is 41.0 Å². The number of hydrogen-bond donors (Lipinski definition) is 0. The number of pyridine rings is 1. The van der Waals surface area contributed by atoms with Gasteiger partial charge in [0, 0.05) is 50.4 Å². The van der Waals surface area contributed by atoms with Gasteiger partial charge in [-0.05, 0) is 37.1 Å². The normalized spacial score (nSPS) is 20.9. The van der Waals surface area contributed by atoms with Gasteiger partial charge in [-0.1, -0.05) is 31.0 Å². The van der Waals surface area contributed by atoms with Crippen molar-refractivity contribution in [2.45, 2.75) is 35.8 Å². The first kappa shape index (κ1) is 23.7. The number of benzene rings is 1. The molecule has 0 radical (unpaired) electrons. The third kappa shape index (κ3) is 5.15. The van der Waals surface area contributed by atoms with Crippen LogP contribution in [-0.2, 0) is 14.4 Å². The summed E-state index contributed by atoms with van der Waals surface area (Å²) in [6.07, 6.45) is 5.95. The highest BCUT2D eigenvalue weighted by atomic mass is 32.2. The fourth-order valence-electron chi connectivity index (χ4n) is 4.95. The number of anilines is 2. The number of carbonyl (C=O) groups excluding carboxylic acids is 3. The number of hydrogen-bond acceptors (Lipinski definition) is 6. The van der Waals surface area contributed by atoms with Crippen molar-refractivity contribution in [2.24, 2.45) is 0 Å². The van der Waals surface area contributed by atoms with Gasteiger partial charge in [-0.3, -0.25) is 14.4 Å². The topological polar surface area (TPSA) is 77.1 Å². The van der Waals surface area contributed by atoms with Gasteiger partial charge >= 0.3 is 0 Å². The van der Waals surface area contributed by atoms with E-state index in [0.29, 0.717) is 45.0 Å². The van der Waals surface area contributed by atoms with E-state index in [0.717, 1.165) is 36.4 Å². The SMILES string of the molecule is O=C(CN1C(=O)[C@H](C(=O)N2CCCCCC2)Sc2ccccc21)N1CCN(c2ccccn2)CC1. The van der Waals surface area contributed by atoms with E-state index < -0.39 is 5.25 Å². The van der Waals surface area contributed by atoms with E-state index in [-0.39, 0.29) is 24.3 Å². The first-order chi connectivity index (χ1) is 17.1. The maximum atomic E-state index is 13.6. The predicted molar refractivity (Wildman–Crippen MR) is 137 cm³/mol. The summed E-state index contributed by atoms with van der Waals surface area (Å²) in [6, 6.07) is 13.4. The molecule has 8 nitrogen and oxygen atoms in total.